The second-order valence-electron chi connectivity index (χ2n) is 5.39. The van der Waals surface area contributed by atoms with Crippen molar-refractivity contribution < 1.29 is 4.39 Å². The van der Waals surface area contributed by atoms with Gasteiger partial charge in [0.05, 0.1) is 5.56 Å². The Hall–Kier alpha value is -1.66. The molecule has 0 saturated heterocycles. The van der Waals surface area contributed by atoms with Gasteiger partial charge in [0.1, 0.15) is 11.9 Å². The van der Waals surface area contributed by atoms with Gasteiger partial charge >= 0.3 is 0 Å². The molecule has 1 heterocycles. The van der Waals surface area contributed by atoms with Gasteiger partial charge in [0.2, 0.25) is 0 Å². The van der Waals surface area contributed by atoms with Gasteiger partial charge in [0, 0.05) is 6.54 Å². The highest BCUT2D eigenvalue weighted by Crippen LogP contribution is 2.27. The fraction of sp³-hybridized carbons (Fsp3) is 0.438. The quantitative estimate of drug-likeness (QED) is 0.903. The third-order valence-corrected chi connectivity index (χ3v) is 3.32. The third-order valence-electron chi connectivity index (χ3n) is 3.32. The molecule has 0 atom stereocenters. The van der Waals surface area contributed by atoms with Crippen molar-refractivity contribution in [3.05, 3.63) is 40.7 Å². The summed E-state index contributed by atoms with van der Waals surface area (Å²) in [4.78, 5) is 0. The summed E-state index contributed by atoms with van der Waals surface area (Å²) in [5.41, 5.74) is 3.01. The molecular weight excluding hydrogens is 239 g/mol. The molecule has 1 aromatic rings. The van der Waals surface area contributed by atoms with Crippen LogP contribution in [0.25, 0.3) is 5.57 Å². The fourth-order valence-electron chi connectivity index (χ4n) is 2.49. The molecule has 0 aromatic heterocycles. The van der Waals surface area contributed by atoms with Crippen LogP contribution in [-0.2, 0) is 6.42 Å². The average molecular weight is 258 g/mol. The highest BCUT2D eigenvalue weighted by molar-refractivity contribution is 5.72. The van der Waals surface area contributed by atoms with Gasteiger partial charge in [-0.25, -0.2) is 4.39 Å². The van der Waals surface area contributed by atoms with Crippen molar-refractivity contribution in [2.24, 2.45) is 5.92 Å². The Labute approximate surface area is 113 Å². The van der Waals surface area contributed by atoms with Crippen molar-refractivity contribution in [2.75, 3.05) is 13.1 Å². The van der Waals surface area contributed by atoms with E-state index < -0.39 is 5.82 Å². The molecule has 1 aromatic carbocycles. The van der Waals surface area contributed by atoms with Gasteiger partial charge in [-0.05, 0) is 54.1 Å². The zero-order chi connectivity index (χ0) is 13.8. The molecule has 3 heteroatoms. The minimum Gasteiger partial charge on any atom is -0.313 e. The molecule has 1 aliphatic heterocycles. The number of rotatable bonds is 3. The topological polar surface area (TPSA) is 35.8 Å². The molecule has 0 radical (unpaired) electrons. The normalized spacial score (nSPS) is 15.2. The zero-order valence-corrected chi connectivity index (χ0v) is 11.5. The van der Waals surface area contributed by atoms with Gasteiger partial charge in [-0.15, -0.1) is 0 Å². The first-order valence-corrected chi connectivity index (χ1v) is 6.74. The minimum absolute atomic E-state index is 0.181. The Balaban J connectivity index is 2.47. The highest BCUT2D eigenvalue weighted by Gasteiger charge is 2.16. The van der Waals surface area contributed by atoms with Crippen molar-refractivity contribution in [2.45, 2.75) is 26.7 Å². The maximum absolute atomic E-state index is 14.1. The molecule has 0 amide bonds. The van der Waals surface area contributed by atoms with Gasteiger partial charge in [0.25, 0.3) is 0 Å². The van der Waals surface area contributed by atoms with Gasteiger partial charge in [-0.1, -0.05) is 19.9 Å². The lowest BCUT2D eigenvalue weighted by Gasteiger charge is -2.17. The molecule has 19 heavy (non-hydrogen) atoms. The molecule has 0 spiro atoms. The van der Waals surface area contributed by atoms with Crippen LogP contribution in [-0.4, -0.2) is 13.1 Å². The molecule has 1 aliphatic rings. The summed E-state index contributed by atoms with van der Waals surface area (Å²) in [7, 11) is 0. The Bertz CT molecular complexity index is 538. The number of nitrogens with zero attached hydrogens (tertiary/aromatic N) is 1. The van der Waals surface area contributed by atoms with E-state index in [0.29, 0.717) is 5.92 Å². The van der Waals surface area contributed by atoms with E-state index in [-0.39, 0.29) is 5.56 Å². The van der Waals surface area contributed by atoms with Crippen LogP contribution in [0.3, 0.4) is 0 Å². The van der Waals surface area contributed by atoms with Crippen LogP contribution in [0.4, 0.5) is 4.39 Å². The van der Waals surface area contributed by atoms with Gasteiger partial charge in [-0.3, -0.25) is 0 Å². The van der Waals surface area contributed by atoms with E-state index in [4.69, 9.17) is 5.26 Å². The molecule has 2 rings (SSSR count). The largest absolute Gasteiger partial charge is 0.313 e. The Morgan fingerprint density at radius 2 is 2.21 bits per heavy atom. The smallest absolute Gasteiger partial charge is 0.141 e. The zero-order valence-electron chi connectivity index (χ0n) is 11.5. The summed E-state index contributed by atoms with van der Waals surface area (Å²) in [6.45, 7) is 5.89. The van der Waals surface area contributed by atoms with E-state index in [1.54, 1.807) is 0 Å². The molecule has 0 fully saturated rings. The van der Waals surface area contributed by atoms with Gasteiger partial charge in [0.15, 0.2) is 0 Å². The molecular formula is C16H19FN2. The van der Waals surface area contributed by atoms with Crippen LogP contribution in [0, 0.1) is 23.1 Å². The molecule has 0 unspecified atom stereocenters. The molecule has 0 saturated carbocycles. The maximum Gasteiger partial charge on any atom is 0.141 e. The number of hydrogen-bond donors (Lipinski definition) is 1. The van der Waals surface area contributed by atoms with Crippen molar-refractivity contribution in [3.63, 3.8) is 0 Å². The Kier molecular flexibility index (Phi) is 4.34. The van der Waals surface area contributed by atoms with Gasteiger partial charge < -0.3 is 5.32 Å². The minimum atomic E-state index is -0.393. The lowest BCUT2D eigenvalue weighted by atomic mass is 9.91. The number of nitrogens with one attached hydrogen (secondary N) is 1. The van der Waals surface area contributed by atoms with Crippen LogP contribution in [0.2, 0.25) is 0 Å². The van der Waals surface area contributed by atoms with Crippen molar-refractivity contribution >= 4 is 5.57 Å². The first-order valence-electron chi connectivity index (χ1n) is 6.74. The van der Waals surface area contributed by atoms with Crippen LogP contribution in [0.1, 0.15) is 37.0 Å². The number of benzene rings is 1. The van der Waals surface area contributed by atoms with Gasteiger partial charge in [-0.2, -0.15) is 5.26 Å². The first-order chi connectivity index (χ1) is 9.11. The van der Waals surface area contributed by atoms with E-state index in [2.05, 4.69) is 25.2 Å². The summed E-state index contributed by atoms with van der Waals surface area (Å²) in [5.74, 6) is 0.0808. The lowest BCUT2D eigenvalue weighted by molar-refractivity contribution is 0.609. The van der Waals surface area contributed by atoms with Crippen LogP contribution >= 0.6 is 0 Å². The molecule has 1 N–H and O–H groups in total. The number of hydrogen-bond acceptors (Lipinski definition) is 2. The Morgan fingerprint density at radius 1 is 1.42 bits per heavy atom. The van der Waals surface area contributed by atoms with E-state index >= 15 is 0 Å². The van der Waals surface area contributed by atoms with E-state index in [1.807, 2.05) is 12.1 Å². The van der Waals surface area contributed by atoms with Crippen molar-refractivity contribution in [1.82, 2.24) is 5.32 Å². The molecule has 100 valence electrons. The van der Waals surface area contributed by atoms with Crippen LogP contribution in [0.15, 0.2) is 18.2 Å². The molecule has 0 bridgehead atoms. The lowest BCUT2D eigenvalue weighted by Crippen LogP contribution is -2.20. The molecule has 2 nitrogen and oxygen atoms in total. The third kappa shape index (κ3) is 3.21. The second-order valence-corrected chi connectivity index (χ2v) is 5.39. The predicted molar refractivity (Wildman–Crippen MR) is 75.1 cm³/mol. The first kappa shape index (κ1) is 13.8. The number of nitriles is 1. The fourth-order valence-corrected chi connectivity index (χ4v) is 2.49. The van der Waals surface area contributed by atoms with Crippen LogP contribution in [0.5, 0.6) is 0 Å². The number of halogens is 1. The summed E-state index contributed by atoms with van der Waals surface area (Å²) in [5, 5.41) is 12.4. The van der Waals surface area contributed by atoms with Crippen molar-refractivity contribution in [1.29, 1.82) is 5.26 Å². The summed E-state index contributed by atoms with van der Waals surface area (Å²) >= 11 is 0. The van der Waals surface area contributed by atoms with E-state index in [1.165, 1.54) is 6.07 Å². The standard InChI is InChI=1S/C16H19FN2/c1-11(2)7-12-8-14(13-3-5-19-6-4-13)15(10-18)16(17)9-12/h3,8-9,11,19H,4-7H2,1-2H3. The average Bonchev–Trinajstić information content (AvgIpc) is 2.38. The summed E-state index contributed by atoms with van der Waals surface area (Å²) in [6.07, 6.45) is 3.73. The summed E-state index contributed by atoms with van der Waals surface area (Å²) in [6, 6.07) is 5.49. The maximum atomic E-state index is 14.1. The molecule has 0 aliphatic carbocycles. The summed E-state index contributed by atoms with van der Waals surface area (Å²) < 4.78 is 14.1. The van der Waals surface area contributed by atoms with E-state index in [0.717, 1.165) is 42.6 Å². The SMILES string of the molecule is CC(C)Cc1cc(F)c(C#N)c(C2=CCNCC2)c1. The van der Waals surface area contributed by atoms with E-state index in [9.17, 15) is 4.39 Å². The Morgan fingerprint density at radius 3 is 2.79 bits per heavy atom. The predicted octanol–water partition coefficient (Wildman–Crippen LogP) is 3.27. The monoisotopic (exact) mass is 258 g/mol. The highest BCUT2D eigenvalue weighted by atomic mass is 19.1. The second kappa shape index (κ2) is 5.99. The van der Waals surface area contributed by atoms with Crippen molar-refractivity contribution in [3.8, 4) is 6.07 Å². The van der Waals surface area contributed by atoms with Crippen LogP contribution < -0.4 is 5.32 Å².